The lowest BCUT2D eigenvalue weighted by atomic mass is 9.88. The Morgan fingerprint density at radius 3 is 1.69 bits per heavy atom. The number of esters is 2. The molecule has 0 spiro atoms. The zero-order valence-electron chi connectivity index (χ0n) is 23.8. The quantitative estimate of drug-likeness (QED) is 0.475. The molecule has 2 saturated heterocycles. The van der Waals surface area contributed by atoms with Gasteiger partial charge in [0.25, 0.3) is 0 Å². The van der Waals surface area contributed by atoms with E-state index in [1.165, 1.54) is 22.3 Å². The number of carbonyl (C=O) groups is 2. The molecule has 0 aromatic heterocycles. The highest BCUT2D eigenvalue weighted by Gasteiger charge is 2.32. The molecule has 1 aliphatic carbocycles. The second-order valence-electron chi connectivity index (χ2n) is 11.0. The van der Waals surface area contributed by atoms with E-state index in [1.807, 2.05) is 13.8 Å². The number of fused-ring (bicyclic) bond motifs is 2. The van der Waals surface area contributed by atoms with Gasteiger partial charge in [0.2, 0.25) is 0 Å². The molecular formula is C33H46N2O4. The molecule has 6 nitrogen and oxygen atoms in total. The van der Waals surface area contributed by atoms with Crippen molar-refractivity contribution in [2.45, 2.75) is 71.3 Å². The smallest absolute Gasteiger partial charge is 0.306 e. The van der Waals surface area contributed by atoms with Crippen LogP contribution in [0.15, 0.2) is 48.5 Å². The molecule has 2 aliphatic heterocycles. The van der Waals surface area contributed by atoms with Gasteiger partial charge in [0, 0.05) is 12.8 Å². The zero-order valence-corrected chi connectivity index (χ0v) is 23.8. The molecule has 2 aromatic carbocycles. The number of hydrogen-bond acceptors (Lipinski definition) is 6. The van der Waals surface area contributed by atoms with Crippen LogP contribution in [0.2, 0.25) is 0 Å². The lowest BCUT2D eigenvalue weighted by Gasteiger charge is -2.38. The van der Waals surface area contributed by atoms with Crippen molar-refractivity contribution < 1.29 is 19.1 Å². The number of carbonyl (C=O) groups excluding carboxylic acids is 2. The second-order valence-corrected chi connectivity index (χ2v) is 11.0. The summed E-state index contributed by atoms with van der Waals surface area (Å²) in [5, 5.41) is 3.27. The average Bonchev–Trinajstić information content (AvgIpc) is 3.12. The fraction of sp³-hybridized carbons (Fsp3) is 0.576. The molecule has 3 aliphatic rings. The number of piperidine rings is 2. The highest BCUT2D eigenvalue weighted by atomic mass is 16.5. The third kappa shape index (κ3) is 8.39. The Morgan fingerprint density at radius 2 is 1.21 bits per heavy atom. The lowest BCUT2D eigenvalue weighted by molar-refractivity contribution is -0.145. The van der Waals surface area contributed by atoms with Crippen molar-refractivity contribution in [1.29, 1.82) is 0 Å². The van der Waals surface area contributed by atoms with Gasteiger partial charge in [0.15, 0.2) is 0 Å². The number of nitrogens with one attached hydrogen (secondary N) is 1. The van der Waals surface area contributed by atoms with Crippen LogP contribution < -0.4 is 5.32 Å². The third-order valence-electron chi connectivity index (χ3n) is 8.36. The SMILES string of the molecule is CCOC(=O)CC1CCN(C2c3ccccc3CCc3ccccc32)CC1.CCOC(=O)CC1CCNCC1. The molecule has 0 saturated carbocycles. The van der Waals surface area contributed by atoms with Crippen LogP contribution in [-0.4, -0.2) is 56.2 Å². The first-order valence-corrected chi connectivity index (χ1v) is 15.0. The maximum Gasteiger partial charge on any atom is 0.306 e. The first-order chi connectivity index (χ1) is 19.1. The summed E-state index contributed by atoms with van der Waals surface area (Å²) in [4.78, 5) is 25.5. The number of aryl methyl sites for hydroxylation is 2. The molecule has 212 valence electrons. The summed E-state index contributed by atoms with van der Waals surface area (Å²) in [7, 11) is 0. The van der Waals surface area contributed by atoms with Gasteiger partial charge in [-0.3, -0.25) is 14.5 Å². The normalized spacial score (nSPS) is 18.6. The van der Waals surface area contributed by atoms with Gasteiger partial charge in [-0.15, -0.1) is 0 Å². The fourth-order valence-corrected chi connectivity index (χ4v) is 6.30. The maximum atomic E-state index is 11.8. The molecule has 0 atom stereocenters. The molecule has 2 heterocycles. The van der Waals surface area contributed by atoms with Crippen LogP contribution in [0, 0.1) is 11.8 Å². The summed E-state index contributed by atoms with van der Waals surface area (Å²) < 4.78 is 10.0. The van der Waals surface area contributed by atoms with Crippen molar-refractivity contribution in [3.05, 3.63) is 70.8 Å². The Balaban J connectivity index is 0.000000247. The van der Waals surface area contributed by atoms with E-state index < -0.39 is 0 Å². The average molecular weight is 535 g/mol. The molecule has 1 N–H and O–H groups in total. The number of likely N-dealkylation sites (tertiary alicyclic amines) is 1. The van der Waals surface area contributed by atoms with Crippen LogP contribution in [0.4, 0.5) is 0 Å². The molecule has 0 radical (unpaired) electrons. The van der Waals surface area contributed by atoms with Crippen molar-refractivity contribution in [3.8, 4) is 0 Å². The van der Waals surface area contributed by atoms with E-state index >= 15 is 0 Å². The highest BCUT2D eigenvalue weighted by molar-refractivity contribution is 5.70. The fourth-order valence-electron chi connectivity index (χ4n) is 6.30. The highest BCUT2D eigenvalue weighted by Crippen LogP contribution is 2.39. The number of ether oxygens (including phenoxy) is 2. The van der Waals surface area contributed by atoms with Crippen molar-refractivity contribution in [3.63, 3.8) is 0 Å². The predicted octanol–water partition coefficient (Wildman–Crippen LogP) is 5.48. The Morgan fingerprint density at radius 1 is 0.744 bits per heavy atom. The summed E-state index contributed by atoms with van der Waals surface area (Å²) in [5.41, 5.74) is 5.89. The molecule has 0 unspecified atom stereocenters. The molecule has 0 bridgehead atoms. The molecule has 2 aromatic rings. The molecule has 6 heteroatoms. The number of rotatable bonds is 7. The van der Waals surface area contributed by atoms with E-state index in [2.05, 4.69) is 58.7 Å². The monoisotopic (exact) mass is 534 g/mol. The molecule has 39 heavy (non-hydrogen) atoms. The van der Waals surface area contributed by atoms with E-state index in [4.69, 9.17) is 9.47 Å². The zero-order chi connectivity index (χ0) is 27.5. The van der Waals surface area contributed by atoms with Gasteiger partial charge in [-0.1, -0.05) is 48.5 Å². The molecule has 2 fully saturated rings. The van der Waals surface area contributed by atoms with Crippen LogP contribution in [-0.2, 0) is 31.9 Å². The van der Waals surface area contributed by atoms with Crippen LogP contribution >= 0.6 is 0 Å². The molecular weight excluding hydrogens is 488 g/mol. The third-order valence-corrected chi connectivity index (χ3v) is 8.36. The predicted molar refractivity (Wildman–Crippen MR) is 155 cm³/mol. The molecule has 0 amide bonds. The van der Waals surface area contributed by atoms with Crippen LogP contribution in [0.5, 0.6) is 0 Å². The van der Waals surface area contributed by atoms with Gasteiger partial charge < -0.3 is 14.8 Å². The minimum Gasteiger partial charge on any atom is -0.466 e. The van der Waals surface area contributed by atoms with E-state index in [-0.39, 0.29) is 11.9 Å². The lowest BCUT2D eigenvalue weighted by Crippen LogP contribution is -2.38. The number of hydrogen-bond donors (Lipinski definition) is 1. The van der Waals surface area contributed by atoms with Crippen LogP contribution in [0.3, 0.4) is 0 Å². The topological polar surface area (TPSA) is 67.9 Å². The largest absolute Gasteiger partial charge is 0.466 e. The van der Waals surface area contributed by atoms with Crippen molar-refractivity contribution >= 4 is 11.9 Å². The van der Waals surface area contributed by atoms with Crippen LogP contribution in [0.25, 0.3) is 0 Å². The van der Waals surface area contributed by atoms with E-state index in [1.54, 1.807) is 0 Å². The van der Waals surface area contributed by atoms with Gasteiger partial charge in [-0.25, -0.2) is 0 Å². The first kappa shape index (κ1) is 29.3. The Bertz CT molecular complexity index is 1010. The van der Waals surface area contributed by atoms with E-state index in [0.29, 0.717) is 43.9 Å². The van der Waals surface area contributed by atoms with Gasteiger partial charge in [-0.2, -0.15) is 0 Å². The van der Waals surface area contributed by atoms with Gasteiger partial charge >= 0.3 is 11.9 Å². The van der Waals surface area contributed by atoms with Crippen molar-refractivity contribution in [2.75, 3.05) is 39.4 Å². The maximum absolute atomic E-state index is 11.8. The summed E-state index contributed by atoms with van der Waals surface area (Å²) in [6.07, 6.45) is 7.76. The van der Waals surface area contributed by atoms with Gasteiger partial charge in [-0.05, 0) is 113 Å². The Hall–Kier alpha value is -2.70. The Labute approximate surface area is 234 Å². The van der Waals surface area contributed by atoms with Gasteiger partial charge in [0.05, 0.1) is 19.3 Å². The second kappa shape index (κ2) is 15.2. The van der Waals surface area contributed by atoms with Crippen molar-refractivity contribution in [2.24, 2.45) is 11.8 Å². The van der Waals surface area contributed by atoms with E-state index in [9.17, 15) is 9.59 Å². The minimum absolute atomic E-state index is 0.0376. The Kier molecular flexibility index (Phi) is 11.4. The van der Waals surface area contributed by atoms with Gasteiger partial charge in [0.1, 0.15) is 0 Å². The summed E-state index contributed by atoms with van der Waals surface area (Å²) in [6.45, 7) is 8.88. The van der Waals surface area contributed by atoms with E-state index in [0.717, 1.165) is 64.7 Å². The minimum atomic E-state index is -0.0406. The number of benzene rings is 2. The number of nitrogens with zero attached hydrogens (tertiary/aromatic N) is 1. The van der Waals surface area contributed by atoms with Crippen LogP contribution in [0.1, 0.15) is 80.7 Å². The summed E-state index contributed by atoms with van der Waals surface area (Å²) >= 11 is 0. The molecule has 5 rings (SSSR count). The first-order valence-electron chi connectivity index (χ1n) is 15.0. The summed E-state index contributed by atoms with van der Waals surface area (Å²) in [6, 6.07) is 18.2. The summed E-state index contributed by atoms with van der Waals surface area (Å²) in [5.74, 6) is 0.923. The van der Waals surface area contributed by atoms with Crippen molar-refractivity contribution in [1.82, 2.24) is 10.2 Å². The standard InChI is InChI=1S/C24H29NO2.C9H17NO2/c1-2-27-23(26)17-18-13-15-25(16-14-18)24-21-9-5-3-7-19(21)11-12-20-8-4-6-10-22(20)24;1-2-12-9(11)7-8-3-5-10-6-4-8/h3-10,18,24H,2,11-17H2,1H3;8,10H,2-7H2,1H3.